The molecule has 1 fully saturated rings. The molecule has 8 heteroatoms. The highest BCUT2D eigenvalue weighted by atomic mass is 16.2. The maximum absolute atomic E-state index is 12.9. The van der Waals surface area contributed by atoms with Crippen molar-refractivity contribution in [3.8, 4) is 0 Å². The van der Waals surface area contributed by atoms with E-state index in [2.05, 4.69) is 17.6 Å². The SMILES string of the molecule is CCCCCC(=O)NCc1cccc2c1C(=O)N(C1CCC(=O)NC1=O)C2=O. The molecule has 8 nitrogen and oxygen atoms in total. The zero-order valence-corrected chi connectivity index (χ0v) is 15.7. The lowest BCUT2D eigenvalue weighted by molar-refractivity contribution is -0.136. The molecular formula is C20H23N3O5. The van der Waals surface area contributed by atoms with Crippen LogP contribution in [0.15, 0.2) is 18.2 Å². The standard InChI is InChI=1S/C20H23N3O5/c1-2-3-4-8-15(24)21-11-12-6-5-7-13-17(12)20(28)23(19(13)27)14-9-10-16(25)22-18(14)26/h5-7,14H,2-4,8-11H2,1H3,(H,21,24)(H,22,25,26). The Morgan fingerprint density at radius 1 is 1.18 bits per heavy atom. The molecule has 3 rings (SSSR count). The van der Waals surface area contributed by atoms with Crippen LogP contribution in [0.25, 0.3) is 0 Å². The number of nitrogens with zero attached hydrogens (tertiary/aromatic N) is 1. The van der Waals surface area contributed by atoms with Gasteiger partial charge in [0.2, 0.25) is 17.7 Å². The molecule has 0 aromatic heterocycles. The molecule has 2 heterocycles. The van der Waals surface area contributed by atoms with Crippen molar-refractivity contribution in [1.82, 2.24) is 15.5 Å². The molecule has 2 N–H and O–H groups in total. The Bertz CT molecular complexity index is 848. The van der Waals surface area contributed by atoms with Crippen LogP contribution >= 0.6 is 0 Å². The quantitative estimate of drug-likeness (QED) is 0.542. The topological polar surface area (TPSA) is 113 Å². The van der Waals surface area contributed by atoms with E-state index in [1.54, 1.807) is 12.1 Å². The van der Waals surface area contributed by atoms with Gasteiger partial charge in [-0.05, 0) is 24.5 Å². The van der Waals surface area contributed by atoms with Gasteiger partial charge in [0.05, 0.1) is 11.1 Å². The first-order chi connectivity index (χ1) is 13.4. The minimum absolute atomic E-state index is 0.0739. The number of nitrogens with one attached hydrogen (secondary N) is 2. The second-order valence-electron chi connectivity index (χ2n) is 7.02. The van der Waals surface area contributed by atoms with Crippen molar-refractivity contribution in [2.24, 2.45) is 0 Å². The molecule has 28 heavy (non-hydrogen) atoms. The van der Waals surface area contributed by atoms with Crippen LogP contribution in [0.1, 0.15) is 71.7 Å². The number of benzene rings is 1. The van der Waals surface area contributed by atoms with Gasteiger partial charge in [0.1, 0.15) is 6.04 Å². The summed E-state index contributed by atoms with van der Waals surface area (Å²) in [5, 5.41) is 4.96. The molecule has 1 saturated heterocycles. The van der Waals surface area contributed by atoms with Crippen LogP contribution in [0, 0.1) is 0 Å². The van der Waals surface area contributed by atoms with E-state index in [9.17, 15) is 24.0 Å². The van der Waals surface area contributed by atoms with Gasteiger partial charge in [0.15, 0.2) is 0 Å². The normalized spacial score (nSPS) is 18.9. The molecule has 0 spiro atoms. The van der Waals surface area contributed by atoms with Gasteiger partial charge >= 0.3 is 0 Å². The predicted molar refractivity (Wildman–Crippen MR) is 99.1 cm³/mol. The molecule has 1 aromatic carbocycles. The van der Waals surface area contributed by atoms with Gasteiger partial charge in [-0.15, -0.1) is 0 Å². The van der Waals surface area contributed by atoms with Crippen LogP contribution in [0.3, 0.4) is 0 Å². The van der Waals surface area contributed by atoms with Gasteiger partial charge in [0.25, 0.3) is 11.8 Å². The summed E-state index contributed by atoms with van der Waals surface area (Å²) >= 11 is 0. The smallest absolute Gasteiger partial charge is 0.262 e. The Labute approximate surface area is 162 Å². The van der Waals surface area contributed by atoms with E-state index >= 15 is 0 Å². The number of unbranched alkanes of at least 4 members (excludes halogenated alkanes) is 2. The summed E-state index contributed by atoms with van der Waals surface area (Å²) < 4.78 is 0. The van der Waals surface area contributed by atoms with E-state index < -0.39 is 29.7 Å². The van der Waals surface area contributed by atoms with Gasteiger partial charge in [-0.2, -0.15) is 0 Å². The predicted octanol–water partition coefficient (Wildman–Crippen LogP) is 1.28. The number of rotatable bonds is 7. The second-order valence-corrected chi connectivity index (χ2v) is 7.02. The molecule has 0 radical (unpaired) electrons. The highest BCUT2D eigenvalue weighted by molar-refractivity contribution is 6.24. The minimum atomic E-state index is -0.999. The van der Waals surface area contributed by atoms with Crippen LogP contribution in [0.4, 0.5) is 0 Å². The lowest BCUT2D eigenvalue weighted by atomic mass is 10.0. The number of fused-ring (bicyclic) bond motifs is 1. The number of imide groups is 2. The van der Waals surface area contributed by atoms with Crippen molar-refractivity contribution in [2.75, 3.05) is 0 Å². The van der Waals surface area contributed by atoms with E-state index in [4.69, 9.17) is 0 Å². The fourth-order valence-corrected chi connectivity index (χ4v) is 3.55. The number of carbonyl (C=O) groups is 5. The number of amides is 5. The van der Waals surface area contributed by atoms with Crippen LogP contribution in [0.5, 0.6) is 0 Å². The van der Waals surface area contributed by atoms with Gasteiger partial charge in [-0.3, -0.25) is 34.2 Å². The van der Waals surface area contributed by atoms with E-state index in [1.807, 2.05) is 0 Å². The lowest BCUT2D eigenvalue weighted by Gasteiger charge is -2.27. The molecule has 1 unspecified atom stereocenters. The Morgan fingerprint density at radius 2 is 1.96 bits per heavy atom. The van der Waals surface area contributed by atoms with E-state index in [0.29, 0.717) is 12.0 Å². The lowest BCUT2D eigenvalue weighted by Crippen LogP contribution is -2.54. The van der Waals surface area contributed by atoms with Crippen molar-refractivity contribution in [1.29, 1.82) is 0 Å². The number of carbonyl (C=O) groups excluding carboxylic acids is 5. The first-order valence-electron chi connectivity index (χ1n) is 9.54. The summed E-state index contributed by atoms with van der Waals surface area (Å²) in [6.45, 7) is 2.19. The van der Waals surface area contributed by atoms with Crippen LogP contribution in [-0.4, -0.2) is 40.5 Å². The average Bonchev–Trinajstić information content (AvgIpc) is 2.92. The largest absolute Gasteiger partial charge is 0.352 e. The molecule has 1 atom stereocenters. The first-order valence-corrected chi connectivity index (χ1v) is 9.54. The van der Waals surface area contributed by atoms with Gasteiger partial charge in [-0.1, -0.05) is 31.9 Å². The molecule has 2 aliphatic rings. The third-order valence-electron chi connectivity index (χ3n) is 5.04. The summed E-state index contributed by atoms with van der Waals surface area (Å²) in [6.07, 6.45) is 3.40. The maximum Gasteiger partial charge on any atom is 0.262 e. The summed E-state index contributed by atoms with van der Waals surface area (Å²) in [4.78, 5) is 62.1. The first kappa shape index (κ1) is 19.7. The number of hydrogen-bond donors (Lipinski definition) is 2. The van der Waals surface area contributed by atoms with Gasteiger partial charge < -0.3 is 5.32 Å². The molecule has 148 valence electrons. The fourth-order valence-electron chi connectivity index (χ4n) is 3.55. The molecule has 0 bridgehead atoms. The van der Waals surface area contributed by atoms with Crippen molar-refractivity contribution >= 4 is 29.5 Å². The average molecular weight is 385 g/mol. The van der Waals surface area contributed by atoms with Crippen molar-refractivity contribution < 1.29 is 24.0 Å². The molecule has 1 aromatic rings. The third-order valence-corrected chi connectivity index (χ3v) is 5.04. The number of hydrogen-bond acceptors (Lipinski definition) is 5. The minimum Gasteiger partial charge on any atom is -0.352 e. The number of piperidine rings is 1. The highest BCUT2D eigenvalue weighted by Crippen LogP contribution is 2.29. The monoisotopic (exact) mass is 385 g/mol. The summed E-state index contributed by atoms with van der Waals surface area (Å²) in [6, 6.07) is 3.87. The van der Waals surface area contributed by atoms with Crippen molar-refractivity contribution in [2.45, 2.75) is 58.0 Å². The van der Waals surface area contributed by atoms with E-state index in [0.717, 1.165) is 24.2 Å². The summed E-state index contributed by atoms with van der Waals surface area (Å²) in [5.74, 6) is -2.28. The summed E-state index contributed by atoms with van der Waals surface area (Å²) in [7, 11) is 0. The second kappa shape index (κ2) is 8.33. The molecule has 0 aliphatic carbocycles. The fraction of sp³-hybridized carbons (Fsp3) is 0.450. The zero-order valence-electron chi connectivity index (χ0n) is 15.7. The third kappa shape index (κ3) is 3.81. The molecule has 2 aliphatic heterocycles. The summed E-state index contributed by atoms with van der Waals surface area (Å²) in [5.41, 5.74) is 0.966. The maximum atomic E-state index is 12.9. The van der Waals surface area contributed by atoms with Crippen molar-refractivity contribution in [3.05, 3.63) is 34.9 Å². The highest BCUT2D eigenvalue weighted by Gasteiger charge is 2.45. The van der Waals surface area contributed by atoms with Crippen LogP contribution in [-0.2, 0) is 20.9 Å². The Morgan fingerprint density at radius 3 is 2.68 bits per heavy atom. The van der Waals surface area contributed by atoms with Gasteiger partial charge in [0, 0.05) is 19.4 Å². The molecule has 5 amide bonds. The Kier molecular flexibility index (Phi) is 5.87. The Hall–Kier alpha value is -3.03. The van der Waals surface area contributed by atoms with E-state index in [1.165, 1.54) is 6.07 Å². The molecule has 0 saturated carbocycles. The van der Waals surface area contributed by atoms with Crippen molar-refractivity contribution in [3.63, 3.8) is 0 Å². The Balaban J connectivity index is 1.76. The molecular weight excluding hydrogens is 362 g/mol. The van der Waals surface area contributed by atoms with Crippen LogP contribution < -0.4 is 10.6 Å². The zero-order chi connectivity index (χ0) is 20.3. The van der Waals surface area contributed by atoms with E-state index in [-0.39, 0.29) is 36.4 Å². The van der Waals surface area contributed by atoms with Gasteiger partial charge in [-0.25, -0.2) is 0 Å². The van der Waals surface area contributed by atoms with Crippen LogP contribution in [0.2, 0.25) is 0 Å².